The second-order valence-corrected chi connectivity index (χ2v) is 10.2. The van der Waals surface area contributed by atoms with Crippen LogP contribution in [0, 0.1) is 5.82 Å². The molecule has 0 radical (unpaired) electrons. The third-order valence-electron chi connectivity index (χ3n) is 7.26. The van der Waals surface area contributed by atoms with Crippen molar-refractivity contribution in [2.24, 2.45) is 0 Å². The molecule has 0 aliphatic carbocycles. The van der Waals surface area contributed by atoms with Gasteiger partial charge < -0.3 is 24.6 Å². The summed E-state index contributed by atoms with van der Waals surface area (Å²) in [5.74, 6) is 2.02. The lowest BCUT2D eigenvalue weighted by molar-refractivity contribution is 0.145. The molecule has 2 aliphatic heterocycles. The van der Waals surface area contributed by atoms with E-state index in [4.69, 9.17) is 9.40 Å². The van der Waals surface area contributed by atoms with Crippen LogP contribution >= 0.6 is 0 Å². The number of nitrogens with zero attached hydrogens (tertiary/aromatic N) is 5. The molecular weight excluding hydrogens is 471 g/mol. The van der Waals surface area contributed by atoms with Crippen LogP contribution in [-0.2, 0) is 0 Å². The Hall–Kier alpha value is -3.56. The summed E-state index contributed by atoms with van der Waals surface area (Å²) in [6, 6.07) is 11.2. The van der Waals surface area contributed by atoms with E-state index in [-0.39, 0.29) is 11.9 Å². The first-order chi connectivity index (χ1) is 18.0. The number of benzene rings is 1. The smallest absolute Gasteiger partial charge is 0.232 e. The third-order valence-corrected chi connectivity index (χ3v) is 7.26. The number of hydrogen-bond donors (Lipinski definition) is 2. The Morgan fingerprint density at radius 1 is 0.919 bits per heavy atom. The molecule has 0 saturated carbocycles. The SMILES string of the molecule is C[C@@H]1CN(c2ccc(-c3oc4ncnc(N5CCC(O)CC5)c4c3-c3ccc(F)cc3)cn2)C[C@H](C)N1. The van der Waals surface area contributed by atoms with Gasteiger partial charge in [-0.15, -0.1) is 0 Å². The van der Waals surface area contributed by atoms with Gasteiger partial charge in [0.05, 0.1) is 11.5 Å². The molecule has 9 heteroatoms. The molecule has 37 heavy (non-hydrogen) atoms. The van der Waals surface area contributed by atoms with Crippen molar-refractivity contribution in [3.8, 4) is 22.5 Å². The average Bonchev–Trinajstić information content (AvgIpc) is 3.29. The van der Waals surface area contributed by atoms with Gasteiger partial charge in [0.15, 0.2) is 0 Å². The summed E-state index contributed by atoms with van der Waals surface area (Å²) >= 11 is 0. The van der Waals surface area contributed by atoms with E-state index in [1.165, 1.54) is 18.5 Å². The molecule has 3 aromatic heterocycles. The van der Waals surface area contributed by atoms with Crippen LogP contribution in [0.15, 0.2) is 53.3 Å². The van der Waals surface area contributed by atoms with E-state index in [0.29, 0.717) is 49.5 Å². The van der Waals surface area contributed by atoms with Crippen molar-refractivity contribution in [1.29, 1.82) is 0 Å². The molecule has 6 rings (SSSR count). The van der Waals surface area contributed by atoms with E-state index in [0.717, 1.165) is 46.8 Å². The maximum absolute atomic E-state index is 13.8. The lowest BCUT2D eigenvalue weighted by Crippen LogP contribution is -2.54. The van der Waals surface area contributed by atoms with Gasteiger partial charge in [0, 0.05) is 55.6 Å². The largest absolute Gasteiger partial charge is 0.437 e. The highest BCUT2D eigenvalue weighted by molar-refractivity contribution is 6.06. The standard InChI is InChI=1S/C28H31FN6O2/c1-17-14-35(15-18(2)33-17)23-8-5-20(13-30-23)26-24(19-3-6-21(29)7-4-19)25-27(31-16-32-28(25)37-26)34-11-9-22(36)10-12-34/h3-8,13,16-18,22,33,36H,9-12,14-15H2,1-2H3/t17-,18+. The monoisotopic (exact) mass is 502 g/mol. The number of halogens is 1. The highest BCUT2D eigenvalue weighted by atomic mass is 19.1. The molecule has 192 valence electrons. The molecule has 2 saturated heterocycles. The number of aliphatic hydroxyl groups is 1. The van der Waals surface area contributed by atoms with Gasteiger partial charge in [0.2, 0.25) is 5.71 Å². The van der Waals surface area contributed by atoms with Gasteiger partial charge in [-0.3, -0.25) is 0 Å². The summed E-state index contributed by atoms with van der Waals surface area (Å²) in [5.41, 5.74) is 2.92. The van der Waals surface area contributed by atoms with Gasteiger partial charge in [-0.2, -0.15) is 0 Å². The number of piperidine rings is 1. The first-order valence-corrected chi connectivity index (χ1v) is 12.9. The number of rotatable bonds is 4. The summed E-state index contributed by atoms with van der Waals surface area (Å²) in [6.45, 7) is 7.53. The average molecular weight is 503 g/mol. The number of piperazine rings is 1. The Labute approximate surface area is 215 Å². The van der Waals surface area contributed by atoms with Gasteiger partial charge in [-0.25, -0.2) is 19.3 Å². The van der Waals surface area contributed by atoms with Crippen LogP contribution in [-0.4, -0.2) is 64.4 Å². The zero-order valence-corrected chi connectivity index (χ0v) is 21.1. The molecule has 4 aromatic rings. The van der Waals surface area contributed by atoms with Crippen LogP contribution < -0.4 is 15.1 Å². The molecule has 2 fully saturated rings. The van der Waals surface area contributed by atoms with E-state index in [1.807, 2.05) is 18.3 Å². The maximum Gasteiger partial charge on any atom is 0.232 e. The fourth-order valence-electron chi connectivity index (χ4n) is 5.55. The number of aliphatic hydroxyl groups excluding tert-OH is 1. The first kappa shape index (κ1) is 23.8. The van der Waals surface area contributed by atoms with Crippen LogP contribution in [0.25, 0.3) is 33.6 Å². The van der Waals surface area contributed by atoms with Crippen LogP contribution in [0.3, 0.4) is 0 Å². The molecular formula is C28H31FN6O2. The Morgan fingerprint density at radius 3 is 2.30 bits per heavy atom. The fraction of sp³-hybridized carbons (Fsp3) is 0.393. The van der Waals surface area contributed by atoms with Crippen LogP contribution in [0.4, 0.5) is 16.0 Å². The zero-order valence-electron chi connectivity index (χ0n) is 21.1. The predicted molar refractivity (Wildman–Crippen MR) is 142 cm³/mol. The van der Waals surface area contributed by atoms with Crippen LogP contribution in [0.1, 0.15) is 26.7 Å². The van der Waals surface area contributed by atoms with E-state index in [9.17, 15) is 9.50 Å². The quantitative estimate of drug-likeness (QED) is 0.428. The lowest BCUT2D eigenvalue weighted by Gasteiger charge is -2.36. The molecule has 0 amide bonds. The van der Waals surface area contributed by atoms with Gasteiger partial charge in [-0.1, -0.05) is 12.1 Å². The van der Waals surface area contributed by atoms with E-state index < -0.39 is 0 Å². The second-order valence-electron chi connectivity index (χ2n) is 10.2. The van der Waals surface area contributed by atoms with Crippen molar-refractivity contribution in [2.45, 2.75) is 44.9 Å². The Morgan fingerprint density at radius 2 is 1.62 bits per heavy atom. The first-order valence-electron chi connectivity index (χ1n) is 12.9. The number of hydrogen-bond acceptors (Lipinski definition) is 8. The number of fused-ring (bicyclic) bond motifs is 1. The molecule has 8 nitrogen and oxygen atoms in total. The van der Waals surface area contributed by atoms with Crippen molar-refractivity contribution in [3.05, 3.63) is 54.7 Å². The molecule has 2 N–H and O–H groups in total. The molecule has 5 heterocycles. The van der Waals surface area contributed by atoms with E-state index in [2.05, 4.69) is 38.9 Å². The minimum absolute atomic E-state index is 0.295. The van der Waals surface area contributed by atoms with Crippen molar-refractivity contribution < 1.29 is 13.9 Å². The highest BCUT2D eigenvalue weighted by Gasteiger charge is 2.27. The predicted octanol–water partition coefficient (Wildman–Crippen LogP) is 4.24. The Balaban J connectivity index is 1.45. The number of pyridine rings is 1. The minimum Gasteiger partial charge on any atom is -0.437 e. The van der Waals surface area contributed by atoms with Gasteiger partial charge >= 0.3 is 0 Å². The summed E-state index contributed by atoms with van der Waals surface area (Å²) in [7, 11) is 0. The number of nitrogens with one attached hydrogen (secondary N) is 1. The Kier molecular flexibility index (Phi) is 6.26. The number of anilines is 2. The molecule has 0 unspecified atom stereocenters. The van der Waals surface area contributed by atoms with Crippen molar-refractivity contribution >= 4 is 22.7 Å². The highest BCUT2D eigenvalue weighted by Crippen LogP contribution is 2.43. The summed E-state index contributed by atoms with van der Waals surface area (Å²) < 4.78 is 20.2. The summed E-state index contributed by atoms with van der Waals surface area (Å²) in [5, 5.41) is 14.4. The molecule has 1 aromatic carbocycles. The minimum atomic E-state index is -0.301. The van der Waals surface area contributed by atoms with Crippen LogP contribution in [0.5, 0.6) is 0 Å². The van der Waals surface area contributed by atoms with Gasteiger partial charge in [0.1, 0.15) is 29.5 Å². The molecule has 0 spiro atoms. The van der Waals surface area contributed by atoms with Crippen molar-refractivity contribution in [1.82, 2.24) is 20.3 Å². The zero-order chi connectivity index (χ0) is 25.5. The maximum atomic E-state index is 13.8. The lowest BCUT2D eigenvalue weighted by atomic mass is 9.99. The third kappa shape index (κ3) is 4.65. The molecule has 2 aliphatic rings. The van der Waals surface area contributed by atoms with Crippen molar-refractivity contribution in [3.63, 3.8) is 0 Å². The molecule has 0 bridgehead atoms. The molecule has 2 atom stereocenters. The number of furan rings is 1. The van der Waals surface area contributed by atoms with E-state index >= 15 is 0 Å². The van der Waals surface area contributed by atoms with Gasteiger partial charge in [0.25, 0.3) is 0 Å². The fourth-order valence-corrected chi connectivity index (χ4v) is 5.55. The van der Waals surface area contributed by atoms with Crippen LogP contribution in [0.2, 0.25) is 0 Å². The summed E-state index contributed by atoms with van der Waals surface area (Å²) in [4.78, 5) is 18.3. The topological polar surface area (TPSA) is 90.6 Å². The Bertz CT molecular complexity index is 1370. The summed E-state index contributed by atoms with van der Waals surface area (Å²) in [6.07, 6.45) is 4.41. The van der Waals surface area contributed by atoms with Crippen molar-refractivity contribution in [2.75, 3.05) is 36.0 Å². The number of aromatic nitrogens is 3. The second kappa shape index (κ2) is 9.72. The van der Waals surface area contributed by atoms with Gasteiger partial charge in [-0.05, 0) is 56.5 Å². The normalized spacial score (nSPS) is 21.1. The van der Waals surface area contributed by atoms with E-state index in [1.54, 1.807) is 12.1 Å².